The van der Waals surface area contributed by atoms with Crippen LogP contribution in [-0.4, -0.2) is 48.6 Å². The van der Waals surface area contributed by atoms with E-state index in [9.17, 15) is 8.42 Å². The fourth-order valence-electron chi connectivity index (χ4n) is 2.73. The predicted octanol–water partition coefficient (Wildman–Crippen LogP) is 2.58. The Kier molecular flexibility index (Phi) is 5.93. The molecule has 0 bridgehead atoms. The van der Waals surface area contributed by atoms with Gasteiger partial charge in [-0.05, 0) is 36.4 Å². The number of nitrogens with zero attached hydrogens (tertiary/aromatic N) is 2. The molecule has 0 saturated carbocycles. The molecule has 1 fully saturated rings. The zero-order valence-electron chi connectivity index (χ0n) is 13.8. The second-order valence-corrected chi connectivity index (χ2v) is 9.39. The van der Waals surface area contributed by atoms with Gasteiger partial charge in [0.05, 0.1) is 29.8 Å². The molecular formula is C16H20ClN3O3S2. The highest BCUT2D eigenvalue weighted by Crippen LogP contribution is 2.25. The van der Waals surface area contributed by atoms with E-state index in [1.807, 2.05) is 36.0 Å². The van der Waals surface area contributed by atoms with Crippen molar-refractivity contribution < 1.29 is 13.2 Å². The summed E-state index contributed by atoms with van der Waals surface area (Å²) in [7, 11) is -3.21. The Morgan fingerprint density at radius 3 is 2.80 bits per heavy atom. The maximum atomic E-state index is 11.5. The van der Waals surface area contributed by atoms with Crippen molar-refractivity contribution in [3.8, 4) is 11.4 Å². The molecule has 0 aliphatic carbocycles. The minimum absolute atomic E-state index is 0.0678. The van der Waals surface area contributed by atoms with Gasteiger partial charge in [0.25, 0.3) is 0 Å². The Hall–Kier alpha value is -1.22. The summed E-state index contributed by atoms with van der Waals surface area (Å²) in [6.07, 6.45) is 5.34. The topological polar surface area (TPSA) is 73.2 Å². The molecule has 0 amide bonds. The Morgan fingerprint density at radius 1 is 1.40 bits per heavy atom. The van der Waals surface area contributed by atoms with Gasteiger partial charge >= 0.3 is 0 Å². The lowest BCUT2D eigenvalue weighted by Crippen LogP contribution is -2.45. The largest absolute Gasteiger partial charge is 0.493 e. The van der Waals surface area contributed by atoms with Crippen LogP contribution in [0.5, 0.6) is 5.75 Å². The molecule has 1 N–H and O–H groups in total. The molecule has 9 heteroatoms. The van der Waals surface area contributed by atoms with Crippen LogP contribution in [0.3, 0.4) is 0 Å². The molecule has 1 aromatic carbocycles. The SMILES string of the molecule is CS(=O)(=O)N[C@H]1CCSC[C@@H]1COc1ccc(-n2cc(Cl)cn2)cc1. The van der Waals surface area contributed by atoms with Crippen LogP contribution < -0.4 is 9.46 Å². The molecule has 2 heterocycles. The molecule has 2 atom stereocenters. The number of nitrogens with one attached hydrogen (secondary N) is 1. The molecule has 136 valence electrons. The van der Waals surface area contributed by atoms with Crippen molar-refractivity contribution in [1.29, 1.82) is 0 Å². The highest BCUT2D eigenvalue weighted by molar-refractivity contribution is 7.99. The van der Waals surface area contributed by atoms with Gasteiger partial charge in [-0.1, -0.05) is 11.6 Å². The van der Waals surface area contributed by atoms with E-state index < -0.39 is 10.0 Å². The van der Waals surface area contributed by atoms with Crippen LogP contribution in [0.4, 0.5) is 0 Å². The molecule has 2 aromatic rings. The van der Waals surface area contributed by atoms with Crippen LogP contribution in [0.1, 0.15) is 6.42 Å². The third-order valence-electron chi connectivity index (χ3n) is 3.96. The quantitative estimate of drug-likeness (QED) is 0.805. The Labute approximate surface area is 156 Å². The molecule has 3 rings (SSSR count). The van der Waals surface area contributed by atoms with Gasteiger partial charge < -0.3 is 4.74 Å². The molecule has 1 saturated heterocycles. The maximum Gasteiger partial charge on any atom is 0.208 e. The van der Waals surface area contributed by atoms with Crippen molar-refractivity contribution in [1.82, 2.24) is 14.5 Å². The lowest BCUT2D eigenvalue weighted by Gasteiger charge is -2.31. The van der Waals surface area contributed by atoms with Crippen LogP contribution in [-0.2, 0) is 10.0 Å². The van der Waals surface area contributed by atoms with E-state index in [1.54, 1.807) is 17.1 Å². The molecule has 6 nitrogen and oxygen atoms in total. The lowest BCUT2D eigenvalue weighted by molar-refractivity contribution is 0.229. The fraction of sp³-hybridized carbons (Fsp3) is 0.438. The number of sulfonamides is 1. The first-order chi connectivity index (χ1) is 11.9. The fourth-order valence-corrected chi connectivity index (χ4v) is 4.95. The van der Waals surface area contributed by atoms with Gasteiger partial charge in [-0.15, -0.1) is 0 Å². The molecule has 1 aliphatic rings. The van der Waals surface area contributed by atoms with E-state index in [4.69, 9.17) is 16.3 Å². The first-order valence-corrected chi connectivity index (χ1v) is 11.3. The Bertz CT molecular complexity index is 808. The minimum Gasteiger partial charge on any atom is -0.493 e. The standard InChI is InChI=1S/C16H20ClN3O3S2/c1-25(21,22)19-16-6-7-24-11-12(16)10-23-15-4-2-14(3-5-15)20-9-13(17)8-18-20/h2-5,8-9,12,16,19H,6-7,10-11H2,1H3/t12-,16-/m0/s1. The number of benzene rings is 1. The van der Waals surface area contributed by atoms with E-state index in [0.29, 0.717) is 11.6 Å². The number of ether oxygens (including phenoxy) is 1. The van der Waals surface area contributed by atoms with E-state index in [0.717, 1.165) is 29.4 Å². The summed E-state index contributed by atoms with van der Waals surface area (Å²) in [4.78, 5) is 0. The normalized spacial score (nSPS) is 21.2. The number of halogens is 1. The van der Waals surface area contributed by atoms with Crippen molar-refractivity contribution in [2.24, 2.45) is 5.92 Å². The predicted molar refractivity (Wildman–Crippen MR) is 101 cm³/mol. The van der Waals surface area contributed by atoms with Gasteiger partial charge in [0.1, 0.15) is 5.75 Å². The summed E-state index contributed by atoms with van der Waals surface area (Å²) in [6, 6.07) is 7.49. The van der Waals surface area contributed by atoms with Gasteiger partial charge in [-0.3, -0.25) is 0 Å². The average molecular weight is 402 g/mol. The monoisotopic (exact) mass is 401 g/mol. The molecular weight excluding hydrogens is 382 g/mol. The molecule has 1 aliphatic heterocycles. The highest BCUT2D eigenvalue weighted by atomic mass is 35.5. The number of aromatic nitrogens is 2. The molecule has 0 radical (unpaired) electrons. The van der Waals surface area contributed by atoms with Gasteiger partial charge in [-0.25, -0.2) is 17.8 Å². The number of hydrogen-bond acceptors (Lipinski definition) is 5. The van der Waals surface area contributed by atoms with E-state index >= 15 is 0 Å². The Morgan fingerprint density at radius 2 is 2.16 bits per heavy atom. The van der Waals surface area contributed by atoms with E-state index in [1.165, 1.54) is 6.26 Å². The second-order valence-electron chi connectivity index (χ2n) is 6.03. The lowest BCUT2D eigenvalue weighted by atomic mass is 10.0. The van der Waals surface area contributed by atoms with Crippen molar-refractivity contribution in [2.45, 2.75) is 12.5 Å². The molecule has 0 unspecified atom stereocenters. The van der Waals surface area contributed by atoms with Crippen LogP contribution in [0.2, 0.25) is 5.02 Å². The number of thioether (sulfide) groups is 1. The number of rotatable bonds is 6. The van der Waals surface area contributed by atoms with Crippen LogP contribution >= 0.6 is 23.4 Å². The highest BCUT2D eigenvalue weighted by Gasteiger charge is 2.28. The van der Waals surface area contributed by atoms with Gasteiger partial charge in [-0.2, -0.15) is 16.9 Å². The van der Waals surface area contributed by atoms with Crippen molar-refractivity contribution in [3.05, 3.63) is 41.7 Å². The summed E-state index contributed by atoms with van der Waals surface area (Å²) < 4.78 is 33.3. The summed E-state index contributed by atoms with van der Waals surface area (Å²) in [5, 5.41) is 4.74. The van der Waals surface area contributed by atoms with Gasteiger partial charge in [0, 0.05) is 23.9 Å². The minimum atomic E-state index is -3.21. The summed E-state index contributed by atoms with van der Waals surface area (Å²) in [5.41, 5.74) is 0.893. The van der Waals surface area contributed by atoms with Crippen molar-refractivity contribution in [2.75, 3.05) is 24.4 Å². The second kappa shape index (κ2) is 7.99. The third-order valence-corrected chi connectivity index (χ3v) is 6.07. The first-order valence-electron chi connectivity index (χ1n) is 7.89. The third kappa shape index (κ3) is 5.37. The number of hydrogen-bond donors (Lipinski definition) is 1. The van der Waals surface area contributed by atoms with Crippen molar-refractivity contribution in [3.63, 3.8) is 0 Å². The maximum absolute atomic E-state index is 11.5. The Balaban J connectivity index is 1.60. The molecule has 0 spiro atoms. The van der Waals surface area contributed by atoms with Gasteiger partial charge in [0.2, 0.25) is 10.0 Å². The van der Waals surface area contributed by atoms with Crippen molar-refractivity contribution >= 4 is 33.4 Å². The average Bonchev–Trinajstić information content (AvgIpc) is 3.00. The smallest absolute Gasteiger partial charge is 0.208 e. The summed E-state index contributed by atoms with van der Waals surface area (Å²) in [5.74, 6) is 2.75. The van der Waals surface area contributed by atoms with Crippen LogP contribution in [0, 0.1) is 5.92 Å². The van der Waals surface area contributed by atoms with E-state index in [2.05, 4.69) is 9.82 Å². The summed E-state index contributed by atoms with van der Waals surface area (Å²) >= 11 is 7.71. The van der Waals surface area contributed by atoms with Crippen LogP contribution in [0.15, 0.2) is 36.7 Å². The summed E-state index contributed by atoms with van der Waals surface area (Å²) in [6.45, 7) is 0.479. The zero-order chi connectivity index (χ0) is 17.9. The van der Waals surface area contributed by atoms with Crippen LogP contribution in [0.25, 0.3) is 5.69 Å². The first kappa shape index (κ1) is 18.6. The molecule has 1 aromatic heterocycles. The van der Waals surface area contributed by atoms with Gasteiger partial charge in [0.15, 0.2) is 0 Å². The molecule has 25 heavy (non-hydrogen) atoms. The zero-order valence-corrected chi connectivity index (χ0v) is 16.1. The van der Waals surface area contributed by atoms with E-state index in [-0.39, 0.29) is 12.0 Å².